The lowest BCUT2D eigenvalue weighted by molar-refractivity contribution is -0.645. The maximum Gasteiger partial charge on any atom is 0.260 e. The molecule has 130 valence electrons. The average molecular weight is 381 g/mol. The number of nitrogens with zero attached hydrogens (tertiary/aromatic N) is 2. The highest BCUT2D eigenvalue weighted by Gasteiger charge is 2.18. The number of pyridine rings is 1. The number of thioether (sulfide) groups is 1. The highest BCUT2D eigenvalue weighted by Crippen LogP contribution is 2.34. The van der Waals surface area contributed by atoms with Gasteiger partial charge in [0.05, 0.1) is 10.6 Å². The zero-order valence-electron chi connectivity index (χ0n) is 13.9. The Kier molecular flexibility index (Phi) is 4.48. The average Bonchev–Trinajstić information content (AvgIpc) is 3.09. The molecule has 0 bridgehead atoms. The first-order valence-electron chi connectivity index (χ1n) is 8.05. The Morgan fingerprint density at radius 2 is 1.96 bits per heavy atom. The number of hydrogen-bond donors (Lipinski definition) is 1. The molecular weight excluding hydrogens is 366 g/mol. The van der Waals surface area contributed by atoms with Crippen LogP contribution in [-0.2, 0) is 0 Å². The van der Waals surface area contributed by atoms with Crippen molar-refractivity contribution in [3.05, 3.63) is 81.5 Å². The van der Waals surface area contributed by atoms with Crippen LogP contribution in [0.5, 0.6) is 0 Å². The van der Waals surface area contributed by atoms with Crippen LogP contribution in [-0.4, -0.2) is 9.97 Å². The van der Waals surface area contributed by atoms with Crippen molar-refractivity contribution in [1.29, 1.82) is 0 Å². The minimum atomic E-state index is -0.156. The molecule has 1 aromatic carbocycles. The van der Waals surface area contributed by atoms with Crippen molar-refractivity contribution in [2.75, 3.05) is 0 Å². The number of nitrogens with one attached hydrogen (secondary N) is 1. The summed E-state index contributed by atoms with van der Waals surface area (Å²) in [7, 11) is 0. The third-order valence-corrected chi connectivity index (χ3v) is 6.02. The highest BCUT2D eigenvalue weighted by molar-refractivity contribution is 7.99. The number of rotatable bonds is 4. The van der Waals surface area contributed by atoms with E-state index in [1.807, 2.05) is 48.7 Å². The molecule has 7 heteroatoms. The van der Waals surface area contributed by atoms with Gasteiger partial charge >= 0.3 is 0 Å². The smallest absolute Gasteiger partial charge is 0.260 e. The fourth-order valence-corrected chi connectivity index (χ4v) is 4.59. The largest absolute Gasteiger partial charge is 0.618 e. The number of benzene rings is 1. The highest BCUT2D eigenvalue weighted by atomic mass is 32.2. The van der Waals surface area contributed by atoms with Gasteiger partial charge in [-0.25, -0.2) is 4.98 Å². The van der Waals surface area contributed by atoms with E-state index in [4.69, 9.17) is 0 Å². The second kappa shape index (κ2) is 6.93. The molecule has 3 aromatic heterocycles. The first kappa shape index (κ1) is 16.8. The SMILES string of the molecule is C[C@@H](Sc1cccc[n+]1[O-])c1nc2scc(-c3ccccc3)c2c(=O)[nH]1. The second-order valence-electron chi connectivity index (χ2n) is 5.77. The molecular formula is C19H15N3O2S2. The topological polar surface area (TPSA) is 72.7 Å². The molecule has 5 nitrogen and oxygen atoms in total. The molecule has 0 aliphatic carbocycles. The van der Waals surface area contributed by atoms with Gasteiger partial charge in [0, 0.05) is 23.1 Å². The Hall–Kier alpha value is -2.64. The maximum atomic E-state index is 12.7. The second-order valence-corrected chi connectivity index (χ2v) is 7.99. The van der Waals surface area contributed by atoms with Gasteiger partial charge in [-0.3, -0.25) is 4.79 Å². The van der Waals surface area contributed by atoms with Crippen molar-refractivity contribution in [2.45, 2.75) is 17.2 Å². The first-order valence-corrected chi connectivity index (χ1v) is 9.81. The molecule has 3 heterocycles. The number of thiophene rings is 1. The molecule has 4 rings (SSSR count). The normalized spacial score (nSPS) is 12.3. The number of aromatic amines is 1. The van der Waals surface area contributed by atoms with Crippen molar-refractivity contribution in [1.82, 2.24) is 9.97 Å². The molecule has 4 aromatic rings. The van der Waals surface area contributed by atoms with E-state index >= 15 is 0 Å². The molecule has 0 amide bonds. The molecule has 1 N–H and O–H groups in total. The maximum absolute atomic E-state index is 12.7. The molecule has 0 saturated heterocycles. The Labute approximate surface area is 157 Å². The van der Waals surface area contributed by atoms with Crippen molar-refractivity contribution in [2.24, 2.45) is 0 Å². The zero-order chi connectivity index (χ0) is 18.1. The standard InChI is InChI=1S/C19H15N3O2S2/c1-12(26-15-9-5-6-10-22(15)24)17-20-18(23)16-14(11-25-19(16)21-17)13-7-3-2-4-8-13/h2-12H,1H3,(H,20,21,23)/t12-/m1/s1. The molecule has 0 radical (unpaired) electrons. The van der Waals surface area contributed by atoms with Crippen molar-refractivity contribution in [3.8, 4) is 11.1 Å². The van der Waals surface area contributed by atoms with E-state index < -0.39 is 0 Å². The summed E-state index contributed by atoms with van der Waals surface area (Å²) in [5.74, 6) is 0.567. The summed E-state index contributed by atoms with van der Waals surface area (Å²) in [5, 5.41) is 14.8. The predicted molar refractivity (Wildman–Crippen MR) is 105 cm³/mol. The van der Waals surface area contributed by atoms with Crippen molar-refractivity contribution < 1.29 is 4.73 Å². The summed E-state index contributed by atoms with van der Waals surface area (Å²) >= 11 is 2.82. The van der Waals surface area contributed by atoms with E-state index in [-0.39, 0.29) is 10.8 Å². The van der Waals surface area contributed by atoms with Crippen LogP contribution < -0.4 is 10.3 Å². The van der Waals surface area contributed by atoms with Crippen LogP contribution in [0.4, 0.5) is 0 Å². The minimum Gasteiger partial charge on any atom is -0.618 e. The van der Waals surface area contributed by atoms with E-state index in [1.165, 1.54) is 29.3 Å². The third-order valence-electron chi connectivity index (χ3n) is 4.02. The summed E-state index contributed by atoms with van der Waals surface area (Å²) in [6, 6.07) is 15.1. The lowest BCUT2D eigenvalue weighted by atomic mass is 10.1. The van der Waals surface area contributed by atoms with E-state index in [1.54, 1.807) is 12.1 Å². The fraction of sp³-hybridized carbons (Fsp3) is 0.105. The summed E-state index contributed by atoms with van der Waals surface area (Å²) in [6.45, 7) is 1.92. The van der Waals surface area contributed by atoms with Crippen molar-refractivity contribution >= 4 is 33.3 Å². The predicted octanol–water partition coefficient (Wildman–Crippen LogP) is 4.14. The summed E-state index contributed by atoms with van der Waals surface area (Å²) in [5.41, 5.74) is 1.74. The number of fused-ring (bicyclic) bond motifs is 1. The van der Waals surface area contributed by atoms with Gasteiger partial charge in [-0.15, -0.1) is 11.3 Å². The molecule has 0 saturated carbocycles. The molecule has 0 unspecified atom stereocenters. The number of hydrogen-bond acceptors (Lipinski definition) is 5. The molecule has 0 aliphatic heterocycles. The zero-order valence-corrected chi connectivity index (χ0v) is 15.5. The van der Waals surface area contributed by atoms with Gasteiger partial charge in [0.2, 0.25) is 0 Å². The van der Waals surface area contributed by atoms with Crippen LogP contribution in [0, 0.1) is 5.21 Å². The molecule has 1 atom stereocenters. The van der Waals surface area contributed by atoms with E-state index in [0.29, 0.717) is 21.1 Å². The van der Waals surface area contributed by atoms with Crippen LogP contribution >= 0.6 is 23.1 Å². The molecule has 0 fully saturated rings. The monoisotopic (exact) mass is 381 g/mol. The van der Waals surface area contributed by atoms with Crippen LogP contribution in [0.2, 0.25) is 0 Å². The Morgan fingerprint density at radius 3 is 2.73 bits per heavy atom. The van der Waals surface area contributed by atoms with Crippen LogP contribution in [0.25, 0.3) is 21.3 Å². The van der Waals surface area contributed by atoms with Gasteiger partial charge < -0.3 is 10.2 Å². The quantitative estimate of drug-likeness (QED) is 0.328. The Morgan fingerprint density at radius 1 is 1.19 bits per heavy atom. The summed E-state index contributed by atoms with van der Waals surface area (Å²) in [4.78, 5) is 21.0. The number of aromatic nitrogens is 3. The molecule has 26 heavy (non-hydrogen) atoms. The third kappa shape index (κ3) is 3.11. The van der Waals surface area contributed by atoms with Crippen LogP contribution in [0.3, 0.4) is 0 Å². The van der Waals surface area contributed by atoms with Gasteiger partial charge in [0.15, 0.2) is 6.20 Å². The number of H-pyrrole nitrogens is 1. The van der Waals surface area contributed by atoms with Crippen LogP contribution in [0.15, 0.2) is 69.9 Å². The van der Waals surface area contributed by atoms with E-state index in [2.05, 4.69) is 9.97 Å². The first-order chi connectivity index (χ1) is 12.6. The summed E-state index contributed by atoms with van der Waals surface area (Å²) < 4.78 is 0.816. The minimum absolute atomic E-state index is 0.152. The fourth-order valence-electron chi connectivity index (χ4n) is 2.73. The Balaban J connectivity index is 1.72. The summed E-state index contributed by atoms with van der Waals surface area (Å²) in [6.07, 6.45) is 1.46. The molecule has 0 aliphatic rings. The molecule has 0 spiro atoms. The lowest BCUT2D eigenvalue weighted by Crippen LogP contribution is -2.28. The van der Waals surface area contributed by atoms with Gasteiger partial charge in [0.25, 0.3) is 10.6 Å². The van der Waals surface area contributed by atoms with Gasteiger partial charge in [0.1, 0.15) is 10.7 Å². The van der Waals surface area contributed by atoms with E-state index in [0.717, 1.165) is 15.9 Å². The van der Waals surface area contributed by atoms with E-state index in [9.17, 15) is 10.0 Å². The Bertz CT molecular complexity index is 1120. The van der Waals surface area contributed by atoms with Crippen molar-refractivity contribution in [3.63, 3.8) is 0 Å². The van der Waals surface area contributed by atoms with Gasteiger partial charge in [-0.1, -0.05) is 30.3 Å². The van der Waals surface area contributed by atoms with Gasteiger partial charge in [-0.05, 0) is 30.3 Å². The van der Waals surface area contributed by atoms with Crippen LogP contribution in [0.1, 0.15) is 18.0 Å². The van der Waals surface area contributed by atoms with Gasteiger partial charge in [-0.2, -0.15) is 4.73 Å². The lowest BCUT2D eigenvalue weighted by Gasteiger charge is -2.10.